The summed E-state index contributed by atoms with van der Waals surface area (Å²) in [7, 11) is 1.99. The molecule has 41 heavy (non-hydrogen) atoms. The molecule has 0 radical (unpaired) electrons. The Morgan fingerprint density at radius 2 is 1.46 bits per heavy atom. The first kappa shape index (κ1) is 29.8. The fourth-order valence-corrected chi connectivity index (χ4v) is 7.77. The van der Waals surface area contributed by atoms with Crippen molar-refractivity contribution in [1.29, 1.82) is 0 Å². The topological polar surface area (TPSA) is 75.7 Å². The third-order valence-electron chi connectivity index (χ3n) is 8.21. The van der Waals surface area contributed by atoms with Crippen molar-refractivity contribution in [3.8, 4) is 5.75 Å². The number of carbonyl (C=O) groups is 3. The third kappa shape index (κ3) is 5.96. The van der Waals surface area contributed by atoms with Crippen molar-refractivity contribution in [2.24, 2.45) is 10.8 Å². The van der Waals surface area contributed by atoms with Crippen LogP contribution in [-0.2, 0) is 14.4 Å². The highest BCUT2D eigenvalue weighted by Gasteiger charge is 2.49. The largest absolute Gasteiger partial charge is 0.482 e. The number of allylic oxidation sites excluding steroid dienone is 4. The molecule has 0 atom stereocenters. The van der Waals surface area contributed by atoms with Gasteiger partial charge in [0.2, 0.25) is 0 Å². The van der Waals surface area contributed by atoms with E-state index in [1.54, 1.807) is 0 Å². The normalized spacial score (nSPS) is 20.1. The lowest BCUT2D eigenvalue weighted by atomic mass is 9.63. The van der Waals surface area contributed by atoms with Crippen LogP contribution in [0.15, 0.2) is 67.9 Å². The molecule has 3 aliphatic rings. The molecule has 1 N–H and O–H groups in total. The fourth-order valence-electron chi connectivity index (χ4n) is 6.39. The highest BCUT2D eigenvalue weighted by Crippen LogP contribution is 2.56. The van der Waals surface area contributed by atoms with Crippen LogP contribution < -0.4 is 10.1 Å². The molecule has 0 saturated carbocycles. The summed E-state index contributed by atoms with van der Waals surface area (Å²) in [6.07, 6.45) is 2.28. The van der Waals surface area contributed by atoms with Gasteiger partial charge in [0, 0.05) is 64.1 Å². The van der Waals surface area contributed by atoms with Gasteiger partial charge in [-0.3, -0.25) is 14.4 Å². The summed E-state index contributed by atoms with van der Waals surface area (Å²) < 4.78 is 7.63. The second kappa shape index (κ2) is 10.8. The minimum absolute atomic E-state index is 0.0523. The van der Waals surface area contributed by atoms with E-state index < -0.39 is 5.92 Å². The minimum atomic E-state index is -0.577. The van der Waals surface area contributed by atoms with Crippen LogP contribution in [0.4, 0.5) is 5.69 Å². The number of carbonyl (C=O) groups excluding carboxylic acids is 3. The highest BCUT2D eigenvalue weighted by atomic mass is 79.9. The Morgan fingerprint density at radius 1 is 0.927 bits per heavy atom. The lowest BCUT2D eigenvalue weighted by molar-refractivity contribution is -0.120. The van der Waals surface area contributed by atoms with E-state index in [9.17, 15) is 14.4 Å². The van der Waals surface area contributed by atoms with Crippen LogP contribution in [0.2, 0.25) is 0 Å². The van der Waals surface area contributed by atoms with E-state index in [4.69, 9.17) is 4.74 Å². The van der Waals surface area contributed by atoms with Gasteiger partial charge >= 0.3 is 0 Å². The molecule has 0 spiro atoms. The van der Waals surface area contributed by atoms with E-state index in [0.717, 1.165) is 34.3 Å². The molecule has 1 aliphatic heterocycles. The lowest BCUT2D eigenvalue weighted by Gasteiger charge is -2.48. The van der Waals surface area contributed by atoms with Crippen molar-refractivity contribution in [3.63, 3.8) is 0 Å². The molecule has 216 valence electrons. The Bertz CT molecular complexity index is 1460. The molecular weight excluding hydrogens is 648 g/mol. The summed E-state index contributed by atoms with van der Waals surface area (Å²) in [4.78, 5) is 42.8. The Kier molecular flexibility index (Phi) is 7.88. The number of rotatable bonds is 5. The van der Waals surface area contributed by atoms with Gasteiger partial charge in [-0.15, -0.1) is 0 Å². The molecule has 1 heterocycles. The number of ketones is 2. The molecule has 2 aliphatic carbocycles. The van der Waals surface area contributed by atoms with Gasteiger partial charge < -0.3 is 15.0 Å². The van der Waals surface area contributed by atoms with Gasteiger partial charge in [-0.2, -0.15) is 0 Å². The van der Waals surface area contributed by atoms with Crippen molar-refractivity contribution in [2.75, 3.05) is 19.0 Å². The van der Waals surface area contributed by atoms with Gasteiger partial charge in [-0.05, 0) is 70.8 Å². The van der Waals surface area contributed by atoms with Crippen LogP contribution in [0.5, 0.6) is 5.75 Å². The maximum Gasteiger partial charge on any atom is 0.262 e. The minimum Gasteiger partial charge on any atom is -0.482 e. The van der Waals surface area contributed by atoms with Crippen LogP contribution in [0, 0.1) is 17.8 Å². The van der Waals surface area contributed by atoms with Gasteiger partial charge in [0.1, 0.15) is 5.75 Å². The summed E-state index contributed by atoms with van der Waals surface area (Å²) in [6.45, 7) is 10.2. The zero-order valence-electron chi connectivity index (χ0n) is 24.4. The van der Waals surface area contributed by atoms with Gasteiger partial charge in [0.25, 0.3) is 5.91 Å². The Labute approximate surface area is 258 Å². The van der Waals surface area contributed by atoms with Gasteiger partial charge in [0.15, 0.2) is 18.2 Å². The monoisotopic (exact) mass is 682 g/mol. The standard InChI is InChI=1S/C33H36Br2N2O4/c1-18-7-9-20(10-8-18)36-27(40)17-41-31-21(11-19(34)12-22(31)35)28-29-23(13-32(2,3)15-25(29)38)37(6)24-14-33(4,5)16-26(39)30(24)28/h7-12,28H,13-17H2,1-6H3,(H,36,40). The number of Topliss-reactive ketones (excluding diaryl/α,β-unsaturated/α-hetero) is 2. The predicted octanol–water partition coefficient (Wildman–Crippen LogP) is 7.85. The van der Waals surface area contributed by atoms with Crippen LogP contribution in [0.1, 0.15) is 70.4 Å². The quantitative estimate of drug-likeness (QED) is 0.347. The molecule has 1 amide bonds. The Hall–Kier alpha value is -2.71. The molecule has 0 fully saturated rings. The third-order valence-corrected chi connectivity index (χ3v) is 9.26. The SMILES string of the molecule is Cc1ccc(NC(=O)COc2c(Br)cc(Br)cc2C2C3=C(CC(C)(C)CC3=O)N(C)C3=C2C(=O)CC(C)(C)C3)cc1. The summed E-state index contributed by atoms with van der Waals surface area (Å²) >= 11 is 7.27. The zero-order valence-corrected chi connectivity index (χ0v) is 27.6. The molecule has 6 nitrogen and oxygen atoms in total. The van der Waals surface area contributed by atoms with Crippen molar-refractivity contribution in [2.45, 2.75) is 66.2 Å². The van der Waals surface area contributed by atoms with Crippen molar-refractivity contribution in [3.05, 3.63) is 79.0 Å². The summed E-state index contributed by atoms with van der Waals surface area (Å²) in [5.41, 5.74) is 5.38. The van der Waals surface area contributed by atoms with E-state index in [1.807, 2.05) is 50.4 Å². The molecule has 2 aromatic rings. The molecule has 8 heteroatoms. The van der Waals surface area contributed by atoms with Crippen molar-refractivity contribution >= 4 is 55.0 Å². The van der Waals surface area contributed by atoms with Gasteiger partial charge in [-0.1, -0.05) is 61.3 Å². The first-order valence-corrected chi connectivity index (χ1v) is 15.5. The Morgan fingerprint density at radius 3 is 2.00 bits per heavy atom. The number of amides is 1. The van der Waals surface area contributed by atoms with Gasteiger partial charge in [-0.25, -0.2) is 0 Å². The first-order valence-electron chi connectivity index (χ1n) is 13.9. The van der Waals surface area contributed by atoms with Crippen LogP contribution in [-0.4, -0.2) is 36.0 Å². The first-order chi connectivity index (χ1) is 19.2. The van der Waals surface area contributed by atoms with Crippen molar-refractivity contribution < 1.29 is 19.1 Å². The van der Waals surface area contributed by atoms with E-state index in [2.05, 4.69) is 69.8 Å². The second-order valence-electron chi connectivity index (χ2n) is 13.1. The lowest BCUT2D eigenvalue weighted by Crippen LogP contribution is -2.43. The number of hydrogen-bond acceptors (Lipinski definition) is 5. The molecule has 2 aromatic carbocycles. The zero-order chi connectivity index (χ0) is 29.9. The van der Waals surface area contributed by atoms with E-state index in [0.29, 0.717) is 45.5 Å². The molecule has 0 unspecified atom stereocenters. The highest BCUT2D eigenvalue weighted by molar-refractivity contribution is 9.11. The van der Waals surface area contributed by atoms with Crippen LogP contribution in [0.25, 0.3) is 0 Å². The Balaban J connectivity index is 1.60. The number of benzene rings is 2. The van der Waals surface area contributed by atoms with E-state index in [1.165, 1.54) is 0 Å². The molecule has 0 saturated heterocycles. The number of nitrogens with one attached hydrogen (secondary N) is 1. The van der Waals surface area contributed by atoms with Crippen LogP contribution >= 0.6 is 31.9 Å². The number of halogens is 2. The fraction of sp³-hybridized carbons (Fsp3) is 0.424. The molecule has 0 bridgehead atoms. The summed E-state index contributed by atoms with van der Waals surface area (Å²) in [5.74, 6) is -0.320. The molecular formula is C33H36Br2N2O4. The summed E-state index contributed by atoms with van der Waals surface area (Å²) in [6, 6.07) is 11.3. The smallest absolute Gasteiger partial charge is 0.262 e. The molecule has 5 rings (SSSR count). The number of hydrogen-bond donors (Lipinski definition) is 1. The van der Waals surface area contributed by atoms with E-state index >= 15 is 0 Å². The average molecular weight is 684 g/mol. The number of aryl methyl sites for hydroxylation is 1. The van der Waals surface area contributed by atoms with Gasteiger partial charge in [0.05, 0.1) is 4.47 Å². The average Bonchev–Trinajstić information content (AvgIpc) is 2.84. The van der Waals surface area contributed by atoms with E-state index in [-0.39, 0.29) is 34.9 Å². The van der Waals surface area contributed by atoms with Crippen molar-refractivity contribution in [1.82, 2.24) is 4.90 Å². The maximum atomic E-state index is 13.9. The maximum absolute atomic E-state index is 13.9. The number of anilines is 1. The van der Waals surface area contributed by atoms with Crippen LogP contribution in [0.3, 0.4) is 0 Å². The number of nitrogens with zero attached hydrogens (tertiary/aromatic N) is 1. The molecule has 0 aromatic heterocycles. The summed E-state index contributed by atoms with van der Waals surface area (Å²) in [5, 5.41) is 2.88. The number of ether oxygens (including phenoxy) is 1. The predicted molar refractivity (Wildman–Crippen MR) is 168 cm³/mol. The second-order valence-corrected chi connectivity index (χ2v) is 14.9.